The zero-order valence-electron chi connectivity index (χ0n) is 20.4. The highest BCUT2D eigenvalue weighted by molar-refractivity contribution is 6.32. The van der Waals surface area contributed by atoms with Crippen molar-refractivity contribution in [2.24, 2.45) is 0 Å². The number of allylic oxidation sites excluding steroid dienone is 2. The van der Waals surface area contributed by atoms with E-state index in [0.29, 0.717) is 45.0 Å². The maximum Gasteiger partial charge on any atom is 0.336 e. The van der Waals surface area contributed by atoms with Gasteiger partial charge >= 0.3 is 5.97 Å². The Balaban J connectivity index is 1.60. The minimum Gasteiger partial charge on any atom is -0.493 e. The number of benzene rings is 3. The molecule has 0 bridgehead atoms. The van der Waals surface area contributed by atoms with E-state index in [2.05, 4.69) is 5.32 Å². The van der Waals surface area contributed by atoms with Gasteiger partial charge in [0, 0.05) is 28.3 Å². The van der Waals surface area contributed by atoms with Crippen molar-refractivity contribution in [2.45, 2.75) is 19.4 Å². The Morgan fingerprint density at radius 2 is 1.81 bits per heavy atom. The van der Waals surface area contributed by atoms with Crippen LogP contribution in [-0.4, -0.2) is 26.0 Å². The van der Waals surface area contributed by atoms with E-state index < -0.39 is 11.9 Å². The van der Waals surface area contributed by atoms with Crippen LogP contribution in [0.1, 0.15) is 39.9 Å². The summed E-state index contributed by atoms with van der Waals surface area (Å²) in [5, 5.41) is 3.46. The van der Waals surface area contributed by atoms with Crippen LogP contribution in [0.4, 0.5) is 4.39 Å². The number of hydrogen-bond donors (Lipinski definition) is 1. The second kappa shape index (κ2) is 9.75. The molecule has 3 aromatic carbocycles. The van der Waals surface area contributed by atoms with E-state index in [1.807, 2.05) is 12.1 Å². The third-order valence-electron chi connectivity index (χ3n) is 6.51. The Morgan fingerprint density at radius 1 is 1.05 bits per heavy atom. The van der Waals surface area contributed by atoms with Crippen molar-refractivity contribution in [3.05, 3.63) is 111 Å². The summed E-state index contributed by atoms with van der Waals surface area (Å²) in [7, 11) is 2.77. The van der Waals surface area contributed by atoms with Gasteiger partial charge in [0.15, 0.2) is 17.3 Å². The van der Waals surface area contributed by atoms with Crippen molar-refractivity contribution in [3.63, 3.8) is 0 Å². The van der Waals surface area contributed by atoms with Gasteiger partial charge in [-0.15, -0.1) is 0 Å². The first kappa shape index (κ1) is 24.6. The normalized spacial score (nSPS) is 16.2. The fraction of sp³-hybridized carbons (Fsp3) is 0.172. The second-order valence-electron chi connectivity index (χ2n) is 8.70. The Morgan fingerprint density at radius 3 is 2.51 bits per heavy atom. The third kappa shape index (κ3) is 4.25. The quantitative estimate of drug-likeness (QED) is 0.414. The molecule has 6 nitrogen and oxygen atoms in total. The highest BCUT2D eigenvalue weighted by atomic mass is 35.5. The van der Waals surface area contributed by atoms with Crippen LogP contribution in [0.2, 0.25) is 5.02 Å². The number of esters is 1. The SMILES string of the molecule is COC(=O)C1=C(C)NC2=C(C(=O)c3ccccc32)[C@H]1c1cc(Cl)c(OCc2cccc(F)c2)c(OC)c1. The third-order valence-corrected chi connectivity index (χ3v) is 6.79. The summed E-state index contributed by atoms with van der Waals surface area (Å²) in [6, 6.07) is 16.7. The standard InChI is InChI=1S/C29H23ClFNO5/c1-15-23(29(34)36-3)24(25-26(32-15)19-9-4-5-10-20(19)27(25)33)17-12-21(30)28(22(13-17)35-2)37-14-16-7-6-8-18(31)11-16/h4-13,24,32H,14H2,1-3H3/t24-/m0/s1. The van der Waals surface area contributed by atoms with Gasteiger partial charge in [-0.3, -0.25) is 4.79 Å². The van der Waals surface area contributed by atoms with Gasteiger partial charge < -0.3 is 19.5 Å². The van der Waals surface area contributed by atoms with Crippen LogP contribution >= 0.6 is 11.6 Å². The van der Waals surface area contributed by atoms with Crippen molar-refractivity contribution in [1.29, 1.82) is 0 Å². The van der Waals surface area contributed by atoms with Gasteiger partial charge in [0.25, 0.3) is 0 Å². The minimum absolute atomic E-state index is 0.0655. The van der Waals surface area contributed by atoms with Crippen molar-refractivity contribution in [2.75, 3.05) is 14.2 Å². The van der Waals surface area contributed by atoms with Gasteiger partial charge in [0.05, 0.1) is 30.5 Å². The number of methoxy groups -OCH3 is 2. The fourth-order valence-electron chi connectivity index (χ4n) is 4.87. The van der Waals surface area contributed by atoms with E-state index in [-0.39, 0.29) is 29.0 Å². The van der Waals surface area contributed by atoms with E-state index in [9.17, 15) is 14.0 Å². The number of nitrogens with one attached hydrogen (secondary N) is 1. The molecule has 0 amide bonds. The number of rotatable bonds is 6. The molecular formula is C29H23ClFNO5. The molecular weight excluding hydrogens is 497 g/mol. The number of ketones is 1. The number of carbonyl (C=O) groups excluding carboxylic acids is 2. The van der Waals surface area contributed by atoms with Crippen molar-refractivity contribution >= 4 is 29.1 Å². The maximum atomic E-state index is 13.6. The molecule has 8 heteroatoms. The van der Waals surface area contributed by atoms with Crippen LogP contribution < -0.4 is 14.8 Å². The van der Waals surface area contributed by atoms with Gasteiger partial charge in [-0.25, -0.2) is 9.18 Å². The molecule has 1 atom stereocenters. The molecule has 1 aliphatic heterocycles. The molecule has 0 saturated carbocycles. The van der Waals surface area contributed by atoms with E-state index in [1.54, 1.807) is 43.3 Å². The van der Waals surface area contributed by atoms with Crippen molar-refractivity contribution in [1.82, 2.24) is 5.32 Å². The molecule has 0 aromatic heterocycles. The lowest BCUT2D eigenvalue weighted by Crippen LogP contribution is -2.29. The first-order valence-corrected chi connectivity index (χ1v) is 11.9. The summed E-state index contributed by atoms with van der Waals surface area (Å²) in [6.45, 7) is 1.83. The van der Waals surface area contributed by atoms with Gasteiger partial charge in [-0.05, 0) is 42.3 Å². The molecule has 0 spiro atoms. The number of dihydropyridines is 1. The predicted octanol–water partition coefficient (Wildman–Crippen LogP) is 5.81. The van der Waals surface area contributed by atoms with Crippen LogP contribution in [0.25, 0.3) is 5.70 Å². The van der Waals surface area contributed by atoms with Crippen LogP contribution in [0, 0.1) is 5.82 Å². The zero-order valence-corrected chi connectivity index (χ0v) is 21.1. The largest absolute Gasteiger partial charge is 0.493 e. The number of halogens is 2. The molecule has 0 unspecified atom stereocenters. The number of fused-ring (bicyclic) bond motifs is 2. The summed E-state index contributed by atoms with van der Waals surface area (Å²) < 4.78 is 30.2. The summed E-state index contributed by atoms with van der Waals surface area (Å²) in [5.74, 6) is -1.30. The first-order valence-electron chi connectivity index (χ1n) is 11.5. The molecule has 1 aliphatic carbocycles. The lowest BCUT2D eigenvalue weighted by molar-refractivity contribution is -0.136. The van der Waals surface area contributed by atoms with E-state index in [4.69, 9.17) is 25.8 Å². The molecule has 0 radical (unpaired) electrons. The van der Waals surface area contributed by atoms with Crippen LogP contribution in [0.15, 0.2) is 77.5 Å². The molecule has 5 rings (SSSR count). The van der Waals surface area contributed by atoms with Gasteiger partial charge in [-0.2, -0.15) is 0 Å². The molecule has 188 valence electrons. The van der Waals surface area contributed by atoms with Gasteiger partial charge in [0.1, 0.15) is 12.4 Å². The lowest BCUT2D eigenvalue weighted by atomic mass is 9.79. The molecule has 0 saturated heterocycles. The van der Waals surface area contributed by atoms with E-state index >= 15 is 0 Å². The topological polar surface area (TPSA) is 73.9 Å². The van der Waals surface area contributed by atoms with Crippen LogP contribution in [0.5, 0.6) is 11.5 Å². The van der Waals surface area contributed by atoms with E-state index in [1.165, 1.54) is 26.4 Å². The van der Waals surface area contributed by atoms with Gasteiger partial charge in [0.2, 0.25) is 0 Å². The zero-order chi connectivity index (χ0) is 26.3. The fourth-order valence-corrected chi connectivity index (χ4v) is 5.15. The summed E-state index contributed by atoms with van der Waals surface area (Å²) in [5.41, 5.74) is 4.46. The highest BCUT2D eigenvalue weighted by Crippen LogP contribution is 2.49. The molecule has 1 N–H and O–H groups in total. The minimum atomic E-state index is -0.757. The number of hydrogen-bond acceptors (Lipinski definition) is 6. The number of ether oxygens (including phenoxy) is 3. The first-order chi connectivity index (χ1) is 17.8. The monoisotopic (exact) mass is 519 g/mol. The Hall–Kier alpha value is -4.10. The Kier molecular flexibility index (Phi) is 6.48. The predicted molar refractivity (Wildman–Crippen MR) is 137 cm³/mol. The second-order valence-corrected chi connectivity index (χ2v) is 9.11. The molecule has 2 aliphatic rings. The lowest BCUT2D eigenvalue weighted by Gasteiger charge is -2.29. The average Bonchev–Trinajstić information content (AvgIpc) is 3.17. The molecule has 1 heterocycles. The summed E-state index contributed by atoms with van der Waals surface area (Å²) in [6.07, 6.45) is 0. The molecule has 0 fully saturated rings. The summed E-state index contributed by atoms with van der Waals surface area (Å²) >= 11 is 6.67. The Bertz CT molecular complexity index is 1510. The smallest absolute Gasteiger partial charge is 0.336 e. The molecule has 37 heavy (non-hydrogen) atoms. The highest BCUT2D eigenvalue weighted by Gasteiger charge is 2.43. The Labute approximate surface area is 218 Å². The number of Topliss-reactive ketones (excluding diaryl/α,β-unsaturated/α-hetero) is 1. The van der Waals surface area contributed by atoms with Crippen molar-refractivity contribution < 1.29 is 28.2 Å². The van der Waals surface area contributed by atoms with Crippen LogP contribution in [0.3, 0.4) is 0 Å². The van der Waals surface area contributed by atoms with Gasteiger partial charge in [-0.1, -0.05) is 48.0 Å². The van der Waals surface area contributed by atoms with Crippen LogP contribution in [-0.2, 0) is 16.1 Å². The average molecular weight is 520 g/mol. The number of carbonyl (C=O) groups is 2. The summed E-state index contributed by atoms with van der Waals surface area (Å²) in [4.78, 5) is 26.5. The van der Waals surface area contributed by atoms with E-state index in [0.717, 1.165) is 5.56 Å². The molecule has 3 aromatic rings. The van der Waals surface area contributed by atoms with Crippen molar-refractivity contribution in [3.8, 4) is 11.5 Å². The maximum absolute atomic E-state index is 13.6.